The van der Waals surface area contributed by atoms with E-state index in [1.54, 1.807) is 6.20 Å². The number of nitrogens with two attached hydrogens (primary N) is 1. The van der Waals surface area contributed by atoms with Gasteiger partial charge in [-0.1, -0.05) is 60.7 Å². The summed E-state index contributed by atoms with van der Waals surface area (Å²) in [5.41, 5.74) is 9.98. The molecule has 158 valence electrons. The van der Waals surface area contributed by atoms with Crippen LogP contribution >= 0.6 is 0 Å². The average molecular weight is 415 g/mol. The van der Waals surface area contributed by atoms with Crippen LogP contribution in [0.4, 0.5) is 0 Å². The van der Waals surface area contributed by atoms with Gasteiger partial charge in [0.15, 0.2) is 0 Å². The molecule has 1 aliphatic heterocycles. The summed E-state index contributed by atoms with van der Waals surface area (Å²) in [4.78, 5) is 31.7. The quantitative estimate of drug-likeness (QED) is 0.621. The molecule has 31 heavy (non-hydrogen) atoms. The van der Waals surface area contributed by atoms with E-state index in [2.05, 4.69) is 27.3 Å². The topological polar surface area (TPSA) is 88.3 Å². The second-order valence-corrected chi connectivity index (χ2v) is 7.91. The van der Waals surface area contributed by atoms with Crippen molar-refractivity contribution in [1.82, 2.24) is 15.2 Å². The molecule has 0 fully saturated rings. The molecule has 0 saturated carbocycles. The molecule has 2 amide bonds. The van der Waals surface area contributed by atoms with E-state index >= 15 is 0 Å². The van der Waals surface area contributed by atoms with Crippen molar-refractivity contribution < 1.29 is 9.59 Å². The van der Waals surface area contributed by atoms with Gasteiger partial charge in [-0.05, 0) is 34.7 Å². The minimum absolute atomic E-state index is 0.182. The average Bonchev–Trinajstić information content (AvgIpc) is 2.79. The third-order valence-electron chi connectivity index (χ3n) is 5.70. The van der Waals surface area contributed by atoms with Crippen LogP contribution in [0, 0.1) is 0 Å². The van der Waals surface area contributed by atoms with Gasteiger partial charge < -0.3 is 11.1 Å². The summed E-state index contributed by atoms with van der Waals surface area (Å²) in [7, 11) is 0. The van der Waals surface area contributed by atoms with E-state index in [0.29, 0.717) is 25.9 Å². The third-order valence-corrected chi connectivity index (χ3v) is 5.70. The fraction of sp³-hybridized carbons (Fsp3) is 0.240. The number of nitrogens with zero attached hydrogens (tertiary/aromatic N) is 2. The molecule has 0 bridgehead atoms. The molecule has 1 aliphatic rings. The van der Waals surface area contributed by atoms with Gasteiger partial charge >= 0.3 is 0 Å². The minimum atomic E-state index is -0.757. The van der Waals surface area contributed by atoms with Crippen LogP contribution in [-0.2, 0) is 35.5 Å². The predicted molar refractivity (Wildman–Crippen MR) is 119 cm³/mol. The first-order chi connectivity index (χ1) is 15.1. The van der Waals surface area contributed by atoms with Crippen molar-refractivity contribution in [3.8, 4) is 0 Å². The van der Waals surface area contributed by atoms with Gasteiger partial charge in [-0.2, -0.15) is 0 Å². The van der Waals surface area contributed by atoms with Crippen LogP contribution in [0.15, 0.2) is 79.1 Å². The summed E-state index contributed by atoms with van der Waals surface area (Å²) in [6, 6.07) is 20.5. The van der Waals surface area contributed by atoms with Crippen molar-refractivity contribution in [3.05, 3.63) is 101 Å². The maximum Gasteiger partial charge on any atom is 0.240 e. The SMILES string of the molecule is NC(=O)[C@H](Cc1ccccc1)NC(=O)C1Cc2ccccc2CN1Cc1cccnc1. The van der Waals surface area contributed by atoms with Gasteiger partial charge in [0.2, 0.25) is 11.8 Å². The van der Waals surface area contributed by atoms with Gasteiger partial charge in [-0.3, -0.25) is 19.5 Å². The Morgan fingerprint density at radius 3 is 2.42 bits per heavy atom. The van der Waals surface area contributed by atoms with Gasteiger partial charge in [0, 0.05) is 31.9 Å². The molecule has 6 nitrogen and oxygen atoms in total. The smallest absolute Gasteiger partial charge is 0.240 e. The lowest BCUT2D eigenvalue weighted by atomic mass is 9.92. The molecule has 6 heteroatoms. The lowest BCUT2D eigenvalue weighted by molar-refractivity contribution is -0.131. The summed E-state index contributed by atoms with van der Waals surface area (Å²) >= 11 is 0. The highest BCUT2D eigenvalue weighted by Crippen LogP contribution is 2.25. The number of nitrogens with one attached hydrogen (secondary N) is 1. The van der Waals surface area contributed by atoms with E-state index in [9.17, 15) is 9.59 Å². The first-order valence-electron chi connectivity index (χ1n) is 10.4. The largest absolute Gasteiger partial charge is 0.368 e. The van der Waals surface area contributed by atoms with Crippen molar-refractivity contribution >= 4 is 11.8 Å². The van der Waals surface area contributed by atoms with Crippen LogP contribution in [0.1, 0.15) is 22.3 Å². The van der Waals surface area contributed by atoms with Gasteiger partial charge in [-0.25, -0.2) is 0 Å². The molecule has 2 aromatic carbocycles. The molecule has 2 heterocycles. The van der Waals surface area contributed by atoms with Crippen LogP contribution < -0.4 is 11.1 Å². The Morgan fingerprint density at radius 2 is 1.71 bits per heavy atom. The summed E-state index contributed by atoms with van der Waals surface area (Å²) in [5, 5.41) is 2.91. The Morgan fingerprint density at radius 1 is 1.00 bits per heavy atom. The zero-order valence-corrected chi connectivity index (χ0v) is 17.3. The number of amides is 2. The fourth-order valence-corrected chi connectivity index (χ4v) is 4.07. The van der Waals surface area contributed by atoms with Crippen LogP contribution in [-0.4, -0.2) is 33.8 Å². The number of carbonyl (C=O) groups is 2. The lowest BCUT2D eigenvalue weighted by Crippen LogP contribution is -2.55. The van der Waals surface area contributed by atoms with E-state index in [1.165, 1.54) is 5.56 Å². The third kappa shape index (κ3) is 5.16. The molecule has 0 radical (unpaired) electrons. The molecule has 0 aliphatic carbocycles. The number of primary amides is 1. The van der Waals surface area contributed by atoms with Crippen LogP contribution in [0.5, 0.6) is 0 Å². The van der Waals surface area contributed by atoms with Gasteiger partial charge in [0.1, 0.15) is 6.04 Å². The Hall–Kier alpha value is -3.51. The normalized spacial score (nSPS) is 16.8. The van der Waals surface area contributed by atoms with Gasteiger partial charge in [0.05, 0.1) is 6.04 Å². The van der Waals surface area contributed by atoms with Gasteiger partial charge in [-0.15, -0.1) is 0 Å². The second kappa shape index (κ2) is 9.53. The van der Waals surface area contributed by atoms with E-state index in [1.807, 2.05) is 60.8 Å². The van der Waals surface area contributed by atoms with Crippen molar-refractivity contribution in [3.63, 3.8) is 0 Å². The highest BCUT2D eigenvalue weighted by Gasteiger charge is 2.33. The number of carbonyl (C=O) groups excluding carboxylic acids is 2. The summed E-state index contributed by atoms with van der Waals surface area (Å²) in [6.07, 6.45) is 4.50. The second-order valence-electron chi connectivity index (χ2n) is 7.91. The molecular formula is C25H26N4O2. The summed E-state index contributed by atoms with van der Waals surface area (Å²) in [5.74, 6) is -0.717. The molecule has 2 atom stereocenters. The lowest BCUT2D eigenvalue weighted by Gasteiger charge is -2.36. The number of aromatic nitrogens is 1. The Labute approximate surface area is 182 Å². The highest BCUT2D eigenvalue weighted by atomic mass is 16.2. The van der Waals surface area contributed by atoms with Crippen LogP contribution in [0.2, 0.25) is 0 Å². The van der Waals surface area contributed by atoms with E-state index in [0.717, 1.165) is 16.7 Å². The molecule has 1 aromatic heterocycles. The van der Waals surface area contributed by atoms with E-state index in [-0.39, 0.29) is 5.91 Å². The Kier molecular flexibility index (Phi) is 6.38. The maximum atomic E-state index is 13.3. The molecule has 0 saturated heterocycles. The Balaban J connectivity index is 1.54. The first-order valence-corrected chi connectivity index (χ1v) is 10.4. The fourth-order valence-electron chi connectivity index (χ4n) is 4.07. The van der Waals surface area contributed by atoms with E-state index in [4.69, 9.17) is 5.73 Å². The zero-order valence-electron chi connectivity index (χ0n) is 17.3. The zero-order chi connectivity index (χ0) is 21.6. The highest BCUT2D eigenvalue weighted by molar-refractivity contribution is 5.89. The predicted octanol–water partition coefficient (Wildman–Crippen LogP) is 2.22. The van der Waals surface area contributed by atoms with Crippen LogP contribution in [0.25, 0.3) is 0 Å². The molecule has 1 unspecified atom stereocenters. The van der Waals surface area contributed by atoms with Crippen LogP contribution in [0.3, 0.4) is 0 Å². The number of hydrogen-bond donors (Lipinski definition) is 2. The van der Waals surface area contributed by atoms with Crippen molar-refractivity contribution in [1.29, 1.82) is 0 Å². The van der Waals surface area contributed by atoms with Crippen molar-refractivity contribution in [2.45, 2.75) is 38.0 Å². The van der Waals surface area contributed by atoms with Gasteiger partial charge in [0.25, 0.3) is 0 Å². The summed E-state index contributed by atoms with van der Waals surface area (Å²) < 4.78 is 0. The Bertz CT molecular complexity index is 1040. The molecular weight excluding hydrogens is 388 g/mol. The monoisotopic (exact) mass is 414 g/mol. The minimum Gasteiger partial charge on any atom is -0.368 e. The number of pyridine rings is 1. The first kappa shape index (κ1) is 20.8. The molecule has 4 rings (SSSR count). The maximum absolute atomic E-state index is 13.3. The number of rotatable bonds is 7. The number of hydrogen-bond acceptors (Lipinski definition) is 4. The van der Waals surface area contributed by atoms with E-state index < -0.39 is 18.0 Å². The van der Waals surface area contributed by atoms with Crippen molar-refractivity contribution in [2.24, 2.45) is 5.73 Å². The number of benzene rings is 2. The van der Waals surface area contributed by atoms with Crippen molar-refractivity contribution in [2.75, 3.05) is 0 Å². The number of fused-ring (bicyclic) bond motifs is 1. The molecule has 3 N–H and O–H groups in total. The molecule has 0 spiro atoms. The standard InChI is InChI=1S/C25H26N4O2/c26-24(30)22(13-18-7-2-1-3-8-18)28-25(31)23-14-20-10-4-5-11-21(20)17-29(23)16-19-9-6-12-27-15-19/h1-12,15,22-23H,13-14,16-17H2,(H2,26,30)(H,28,31)/t22-,23?/m0/s1. The summed E-state index contributed by atoms with van der Waals surface area (Å²) in [6.45, 7) is 1.25. The molecule has 3 aromatic rings.